The van der Waals surface area contributed by atoms with E-state index in [4.69, 9.17) is 0 Å². The third kappa shape index (κ3) is 4.70. The third-order valence-electron chi connectivity index (χ3n) is 2.27. The van der Waals surface area contributed by atoms with Crippen LogP contribution in [-0.2, 0) is 11.3 Å². The van der Waals surface area contributed by atoms with E-state index in [0.717, 1.165) is 37.9 Å². The second kappa shape index (κ2) is 7.12. The van der Waals surface area contributed by atoms with Crippen LogP contribution in [-0.4, -0.2) is 29.3 Å². The SMILES string of the molecule is CCCCN(CC=O)Cc1ccccn1. The maximum Gasteiger partial charge on any atom is 0.133 e. The van der Waals surface area contributed by atoms with Gasteiger partial charge in [-0.15, -0.1) is 0 Å². The molecule has 82 valence electrons. The fraction of sp³-hybridized carbons (Fsp3) is 0.500. The van der Waals surface area contributed by atoms with Gasteiger partial charge in [0.1, 0.15) is 6.29 Å². The van der Waals surface area contributed by atoms with Gasteiger partial charge in [0.2, 0.25) is 0 Å². The van der Waals surface area contributed by atoms with Crippen LogP contribution in [0.3, 0.4) is 0 Å². The molecule has 0 bridgehead atoms. The van der Waals surface area contributed by atoms with Gasteiger partial charge >= 0.3 is 0 Å². The van der Waals surface area contributed by atoms with Gasteiger partial charge in [-0.05, 0) is 25.1 Å². The van der Waals surface area contributed by atoms with Gasteiger partial charge in [-0.2, -0.15) is 0 Å². The molecule has 0 atom stereocenters. The summed E-state index contributed by atoms with van der Waals surface area (Å²) in [7, 11) is 0. The number of aldehydes is 1. The van der Waals surface area contributed by atoms with Gasteiger partial charge in [0.05, 0.1) is 12.2 Å². The molecule has 0 unspecified atom stereocenters. The Labute approximate surface area is 91.1 Å². The maximum atomic E-state index is 10.5. The molecule has 0 amide bonds. The molecule has 0 saturated carbocycles. The van der Waals surface area contributed by atoms with E-state index in [1.807, 2.05) is 18.2 Å². The fourth-order valence-electron chi connectivity index (χ4n) is 1.44. The van der Waals surface area contributed by atoms with Crippen molar-refractivity contribution < 1.29 is 4.79 Å². The highest BCUT2D eigenvalue weighted by Gasteiger charge is 2.04. The summed E-state index contributed by atoms with van der Waals surface area (Å²) in [4.78, 5) is 16.9. The zero-order chi connectivity index (χ0) is 10.9. The number of nitrogens with zero attached hydrogens (tertiary/aromatic N) is 2. The average Bonchev–Trinajstić information content (AvgIpc) is 2.28. The molecule has 1 aromatic heterocycles. The van der Waals surface area contributed by atoms with Crippen LogP contribution in [0, 0.1) is 0 Å². The van der Waals surface area contributed by atoms with E-state index in [1.54, 1.807) is 6.20 Å². The van der Waals surface area contributed by atoms with E-state index in [-0.39, 0.29) is 0 Å². The molecule has 0 aliphatic rings. The summed E-state index contributed by atoms with van der Waals surface area (Å²) in [6.45, 7) is 4.38. The Morgan fingerprint density at radius 3 is 2.93 bits per heavy atom. The molecule has 0 aliphatic heterocycles. The summed E-state index contributed by atoms with van der Waals surface area (Å²) < 4.78 is 0. The zero-order valence-electron chi connectivity index (χ0n) is 9.22. The summed E-state index contributed by atoms with van der Waals surface area (Å²) in [5.41, 5.74) is 1.02. The molecular weight excluding hydrogens is 188 g/mol. The molecule has 0 radical (unpaired) electrons. The van der Waals surface area contributed by atoms with E-state index in [1.165, 1.54) is 0 Å². The summed E-state index contributed by atoms with van der Waals surface area (Å²) >= 11 is 0. The van der Waals surface area contributed by atoms with Crippen molar-refractivity contribution in [3.05, 3.63) is 30.1 Å². The number of carbonyl (C=O) groups is 1. The second-order valence-corrected chi connectivity index (χ2v) is 3.58. The van der Waals surface area contributed by atoms with E-state index in [9.17, 15) is 4.79 Å². The first kappa shape index (κ1) is 11.9. The number of hydrogen-bond acceptors (Lipinski definition) is 3. The molecule has 1 heterocycles. The van der Waals surface area contributed by atoms with Crippen LogP contribution >= 0.6 is 0 Å². The number of unbranched alkanes of at least 4 members (excludes halogenated alkanes) is 1. The van der Waals surface area contributed by atoms with Gasteiger partial charge in [-0.1, -0.05) is 19.4 Å². The van der Waals surface area contributed by atoms with Crippen LogP contribution in [0.2, 0.25) is 0 Å². The lowest BCUT2D eigenvalue weighted by Gasteiger charge is -2.18. The monoisotopic (exact) mass is 206 g/mol. The van der Waals surface area contributed by atoms with Crippen LogP contribution in [0.1, 0.15) is 25.5 Å². The van der Waals surface area contributed by atoms with Gasteiger partial charge in [-0.25, -0.2) is 0 Å². The standard InChI is InChI=1S/C12H18N2O/c1-2-3-8-14(9-10-15)11-12-6-4-5-7-13-12/h4-7,10H,2-3,8-9,11H2,1H3. The predicted octanol–water partition coefficient (Wildman–Crippen LogP) is 1.88. The summed E-state index contributed by atoms with van der Waals surface area (Å²) in [5.74, 6) is 0. The number of rotatable bonds is 7. The third-order valence-corrected chi connectivity index (χ3v) is 2.27. The van der Waals surface area contributed by atoms with Crippen molar-refractivity contribution in [1.29, 1.82) is 0 Å². The first-order chi connectivity index (χ1) is 7.36. The molecule has 1 aromatic rings. The van der Waals surface area contributed by atoms with E-state index in [0.29, 0.717) is 6.54 Å². The molecule has 0 fully saturated rings. The van der Waals surface area contributed by atoms with Gasteiger partial charge in [0, 0.05) is 12.7 Å². The summed E-state index contributed by atoms with van der Waals surface area (Å²) in [5, 5.41) is 0. The van der Waals surface area contributed by atoms with E-state index in [2.05, 4.69) is 16.8 Å². The van der Waals surface area contributed by atoms with Gasteiger partial charge in [-0.3, -0.25) is 9.88 Å². The maximum absolute atomic E-state index is 10.5. The largest absolute Gasteiger partial charge is 0.302 e. The predicted molar refractivity (Wildman–Crippen MR) is 60.5 cm³/mol. The lowest BCUT2D eigenvalue weighted by Crippen LogP contribution is -2.26. The van der Waals surface area contributed by atoms with Crippen molar-refractivity contribution in [2.75, 3.05) is 13.1 Å². The minimum absolute atomic E-state index is 0.497. The topological polar surface area (TPSA) is 33.2 Å². The van der Waals surface area contributed by atoms with E-state index < -0.39 is 0 Å². The van der Waals surface area contributed by atoms with Gasteiger partial charge < -0.3 is 4.79 Å². The second-order valence-electron chi connectivity index (χ2n) is 3.58. The Morgan fingerprint density at radius 1 is 1.47 bits per heavy atom. The highest BCUT2D eigenvalue weighted by atomic mass is 16.1. The smallest absolute Gasteiger partial charge is 0.133 e. The lowest BCUT2D eigenvalue weighted by atomic mass is 10.3. The molecule has 0 saturated heterocycles. The van der Waals surface area contributed by atoms with Crippen molar-refractivity contribution >= 4 is 6.29 Å². The Bertz CT molecular complexity index is 274. The minimum Gasteiger partial charge on any atom is -0.302 e. The minimum atomic E-state index is 0.497. The molecule has 1 rings (SSSR count). The first-order valence-electron chi connectivity index (χ1n) is 5.42. The quantitative estimate of drug-likeness (QED) is 0.639. The lowest BCUT2D eigenvalue weighted by molar-refractivity contribution is -0.109. The van der Waals surface area contributed by atoms with Crippen molar-refractivity contribution in [3.8, 4) is 0 Å². The molecule has 0 N–H and O–H groups in total. The Kier molecular flexibility index (Phi) is 5.63. The molecule has 3 heteroatoms. The molecular formula is C12H18N2O. The normalized spacial score (nSPS) is 10.5. The van der Waals surface area contributed by atoms with Crippen LogP contribution in [0.25, 0.3) is 0 Å². The fourth-order valence-corrected chi connectivity index (χ4v) is 1.44. The summed E-state index contributed by atoms with van der Waals surface area (Å²) in [6.07, 6.45) is 5.02. The Morgan fingerprint density at radius 2 is 2.33 bits per heavy atom. The molecule has 15 heavy (non-hydrogen) atoms. The zero-order valence-corrected chi connectivity index (χ0v) is 9.22. The van der Waals surface area contributed by atoms with Crippen LogP contribution in [0.15, 0.2) is 24.4 Å². The van der Waals surface area contributed by atoms with Crippen molar-refractivity contribution in [2.45, 2.75) is 26.3 Å². The van der Waals surface area contributed by atoms with Gasteiger partial charge in [0.15, 0.2) is 0 Å². The van der Waals surface area contributed by atoms with Crippen LogP contribution < -0.4 is 0 Å². The number of carbonyl (C=O) groups excluding carboxylic acids is 1. The molecule has 3 nitrogen and oxygen atoms in total. The van der Waals surface area contributed by atoms with Crippen LogP contribution in [0.4, 0.5) is 0 Å². The highest BCUT2D eigenvalue weighted by Crippen LogP contribution is 2.02. The number of pyridine rings is 1. The van der Waals surface area contributed by atoms with Crippen LogP contribution in [0.5, 0.6) is 0 Å². The number of hydrogen-bond donors (Lipinski definition) is 0. The number of aromatic nitrogens is 1. The first-order valence-corrected chi connectivity index (χ1v) is 5.42. The Balaban J connectivity index is 2.46. The molecule has 0 aromatic carbocycles. The van der Waals surface area contributed by atoms with E-state index >= 15 is 0 Å². The average molecular weight is 206 g/mol. The van der Waals surface area contributed by atoms with Crippen molar-refractivity contribution in [2.24, 2.45) is 0 Å². The van der Waals surface area contributed by atoms with Crippen molar-refractivity contribution in [1.82, 2.24) is 9.88 Å². The van der Waals surface area contributed by atoms with Gasteiger partial charge in [0.25, 0.3) is 0 Å². The van der Waals surface area contributed by atoms with Crippen molar-refractivity contribution in [3.63, 3.8) is 0 Å². The summed E-state index contributed by atoms with van der Waals surface area (Å²) in [6, 6.07) is 5.87. The Hall–Kier alpha value is -1.22. The molecule has 0 aliphatic carbocycles. The molecule has 0 spiro atoms. The highest BCUT2D eigenvalue weighted by molar-refractivity contribution is 5.51.